The highest BCUT2D eigenvalue weighted by Crippen LogP contribution is 2.29. The summed E-state index contributed by atoms with van der Waals surface area (Å²) in [6.45, 7) is 0. The molecule has 1 amide bonds. The Hall–Kier alpha value is -0.760. The van der Waals surface area contributed by atoms with Crippen LogP contribution < -0.4 is 11.1 Å². The van der Waals surface area contributed by atoms with Gasteiger partial charge in [0, 0.05) is 5.69 Å². The molecule has 0 radical (unpaired) electrons. The normalized spacial score (nSPS) is 17.8. The van der Waals surface area contributed by atoms with Crippen LogP contribution in [-0.2, 0) is 4.79 Å². The maximum Gasteiger partial charge on any atom is 0.244 e. The highest BCUT2D eigenvalue weighted by Gasteiger charge is 2.37. The van der Waals surface area contributed by atoms with E-state index in [1.165, 1.54) is 0 Å². The second-order valence-corrected chi connectivity index (χ2v) is 5.65. The van der Waals surface area contributed by atoms with Crippen molar-refractivity contribution in [2.45, 2.75) is 31.2 Å². The molecule has 1 aliphatic carbocycles. The van der Waals surface area contributed by atoms with Crippen molar-refractivity contribution in [2.75, 3.05) is 5.32 Å². The number of halogens is 3. The van der Waals surface area contributed by atoms with Gasteiger partial charge in [-0.05, 0) is 47.6 Å². The van der Waals surface area contributed by atoms with Gasteiger partial charge in [0.25, 0.3) is 0 Å². The molecule has 0 atom stereocenters. The Kier molecular flexibility index (Phi) is 3.86. The lowest BCUT2D eigenvalue weighted by molar-refractivity contribution is -0.121. The van der Waals surface area contributed by atoms with Gasteiger partial charge in [-0.1, -0.05) is 12.8 Å². The number of carbonyl (C=O) groups excluding carboxylic acids is 1. The number of nitrogens with two attached hydrogens (primary N) is 1. The van der Waals surface area contributed by atoms with Gasteiger partial charge in [0.15, 0.2) is 0 Å². The first kappa shape index (κ1) is 13.7. The third-order valence-corrected chi connectivity index (χ3v) is 4.22. The molecule has 6 heteroatoms. The van der Waals surface area contributed by atoms with E-state index in [1.807, 2.05) is 0 Å². The summed E-state index contributed by atoms with van der Waals surface area (Å²) in [4.78, 5) is 12.0. The molecule has 0 saturated heterocycles. The van der Waals surface area contributed by atoms with E-state index in [4.69, 9.17) is 5.73 Å². The molecule has 0 aliphatic heterocycles. The molecule has 1 aliphatic rings. The summed E-state index contributed by atoms with van der Waals surface area (Å²) in [5.41, 5.74) is 5.15. The summed E-state index contributed by atoms with van der Waals surface area (Å²) < 4.78 is 26.6. The number of carbonyl (C=O) groups is 1. The SMILES string of the molecule is NC1(C(=O)Nc2cc(F)c(I)c(F)c2)CCCC1. The number of hydrogen-bond acceptors (Lipinski definition) is 2. The van der Waals surface area contributed by atoms with Crippen LogP contribution >= 0.6 is 22.6 Å². The quantitative estimate of drug-likeness (QED) is 0.625. The second-order valence-electron chi connectivity index (χ2n) is 4.57. The lowest BCUT2D eigenvalue weighted by atomic mass is 9.98. The van der Waals surface area contributed by atoms with Crippen molar-refractivity contribution in [1.82, 2.24) is 0 Å². The standard InChI is InChI=1S/C12H13F2IN2O/c13-8-5-7(6-9(14)10(8)15)17-11(18)12(16)3-1-2-4-12/h5-6H,1-4,16H2,(H,17,18). The summed E-state index contributed by atoms with van der Waals surface area (Å²) >= 11 is 1.57. The number of rotatable bonds is 2. The van der Waals surface area contributed by atoms with Crippen LogP contribution in [0.2, 0.25) is 0 Å². The van der Waals surface area contributed by atoms with Crippen molar-refractivity contribution >= 4 is 34.2 Å². The van der Waals surface area contributed by atoms with Gasteiger partial charge in [0.2, 0.25) is 5.91 Å². The molecule has 1 aromatic carbocycles. The Morgan fingerprint density at radius 1 is 1.28 bits per heavy atom. The van der Waals surface area contributed by atoms with Gasteiger partial charge in [-0.2, -0.15) is 0 Å². The van der Waals surface area contributed by atoms with E-state index >= 15 is 0 Å². The molecule has 1 aromatic rings. The van der Waals surface area contributed by atoms with E-state index in [1.54, 1.807) is 22.6 Å². The van der Waals surface area contributed by atoms with Crippen molar-refractivity contribution in [3.05, 3.63) is 27.3 Å². The Morgan fingerprint density at radius 2 is 1.78 bits per heavy atom. The average Bonchev–Trinajstić information content (AvgIpc) is 2.74. The van der Waals surface area contributed by atoms with E-state index in [0.29, 0.717) is 12.8 Å². The molecular weight excluding hydrogens is 353 g/mol. The van der Waals surface area contributed by atoms with Gasteiger partial charge in [-0.15, -0.1) is 0 Å². The zero-order valence-electron chi connectivity index (χ0n) is 9.60. The average molecular weight is 366 g/mol. The number of amides is 1. The Bertz CT molecular complexity index is 464. The van der Waals surface area contributed by atoms with Crippen molar-refractivity contribution in [2.24, 2.45) is 5.73 Å². The summed E-state index contributed by atoms with van der Waals surface area (Å²) in [7, 11) is 0. The minimum Gasteiger partial charge on any atom is -0.324 e. The topological polar surface area (TPSA) is 55.1 Å². The van der Waals surface area contributed by atoms with E-state index in [-0.39, 0.29) is 15.2 Å². The Balaban J connectivity index is 2.17. The van der Waals surface area contributed by atoms with Crippen LogP contribution in [0, 0.1) is 15.2 Å². The van der Waals surface area contributed by atoms with Crippen molar-refractivity contribution < 1.29 is 13.6 Å². The monoisotopic (exact) mass is 366 g/mol. The first-order chi connectivity index (χ1) is 8.42. The maximum atomic E-state index is 13.3. The molecule has 0 unspecified atom stereocenters. The largest absolute Gasteiger partial charge is 0.324 e. The highest BCUT2D eigenvalue weighted by atomic mass is 127. The zero-order chi connectivity index (χ0) is 13.3. The molecule has 1 fully saturated rings. The van der Waals surface area contributed by atoms with Gasteiger partial charge >= 0.3 is 0 Å². The fraction of sp³-hybridized carbons (Fsp3) is 0.417. The van der Waals surface area contributed by atoms with Crippen molar-refractivity contribution in [1.29, 1.82) is 0 Å². The minimum absolute atomic E-state index is 0.0890. The van der Waals surface area contributed by atoms with Crippen LogP contribution in [0.4, 0.5) is 14.5 Å². The molecule has 0 bridgehead atoms. The van der Waals surface area contributed by atoms with Gasteiger partial charge < -0.3 is 11.1 Å². The number of nitrogens with one attached hydrogen (secondary N) is 1. The van der Waals surface area contributed by atoms with Crippen LogP contribution in [0.1, 0.15) is 25.7 Å². The molecule has 3 nitrogen and oxygen atoms in total. The summed E-state index contributed by atoms with van der Waals surface area (Å²) in [5, 5.41) is 2.49. The molecule has 1 saturated carbocycles. The van der Waals surface area contributed by atoms with Gasteiger partial charge in [-0.3, -0.25) is 4.79 Å². The lowest BCUT2D eigenvalue weighted by Crippen LogP contribution is -2.48. The first-order valence-electron chi connectivity index (χ1n) is 5.67. The fourth-order valence-corrected chi connectivity index (χ4v) is 2.43. The van der Waals surface area contributed by atoms with Gasteiger partial charge in [-0.25, -0.2) is 8.78 Å². The molecule has 18 heavy (non-hydrogen) atoms. The highest BCUT2D eigenvalue weighted by molar-refractivity contribution is 14.1. The fourth-order valence-electron chi connectivity index (χ4n) is 2.12. The predicted molar refractivity (Wildman–Crippen MR) is 73.1 cm³/mol. The van der Waals surface area contributed by atoms with Crippen LogP contribution in [0.15, 0.2) is 12.1 Å². The zero-order valence-corrected chi connectivity index (χ0v) is 11.8. The van der Waals surface area contributed by atoms with Crippen molar-refractivity contribution in [3.63, 3.8) is 0 Å². The molecular formula is C12H13F2IN2O. The number of benzene rings is 1. The van der Waals surface area contributed by atoms with E-state index in [0.717, 1.165) is 25.0 Å². The van der Waals surface area contributed by atoms with Gasteiger partial charge in [0.1, 0.15) is 11.6 Å². The lowest BCUT2D eigenvalue weighted by Gasteiger charge is -2.22. The predicted octanol–water partition coefficient (Wildman–Crippen LogP) is 2.78. The third kappa shape index (κ3) is 2.64. The van der Waals surface area contributed by atoms with Crippen LogP contribution in [-0.4, -0.2) is 11.4 Å². The van der Waals surface area contributed by atoms with Crippen LogP contribution in [0.3, 0.4) is 0 Å². The van der Waals surface area contributed by atoms with Crippen molar-refractivity contribution in [3.8, 4) is 0 Å². The maximum absolute atomic E-state index is 13.3. The minimum atomic E-state index is -0.907. The molecule has 3 N–H and O–H groups in total. The third-order valence-electron chi connectivity index (χ3n) is 3.19. The Labute approximate surface area is 117 Å². The first-order valence-corrected chi connectivity index (χ1v) is 6.75. The van der Waals surface area contributed by atoms with E-state index in [2.05, 4.69) is 5.32 Å². The van der Waals surface area contributed by atoms with Crippen LogP contribution in [0.5, 0.6) is 0 Å². The number of anilines is 1. The summed E-state index contributed by atoms with van der Waals surface area (Å²) in [6, 6.07) is 2.20. The second kappa shape index (κ2) is 5.08. The molecule has 0 spiro atoms. The summed E-state index contributed by atoms with van der Waals surface area (Å²) in [6.07, 6.45) is 3.01. The summed E-state index contributed by atoms with van der Waals surface area (Å²) in [5.74, 6) is -1.76. The van der Waals surface area contributed by atoms with Gasteiger partial charge in [0.05, 0.1) is 9.11 Å². The smallest absolute Gasteiger partial charge is 0.244 e. The molecule has 98 valence electrons. The molecule has 2 rings (SSSR count). The van der Waals surface area contributed by atoms with E-state index in [9.17, 15) is 13.6 Å². The number of hydrogen-bond donors (Lipinski definition) is 2. The Morgan fingerprint density at radius 3 is 2.28 bits per heavy atom. The molecule has 0 aromatic heterocycles. The van der Waals surface area contributed by atoms with Crippen LogP contribution in [0.25, 0.3) is 0 Å². The molecule has 0 heterocycles. The van der Waals surface area contributed by atoms with E-state index < -0.39 is 17.2 Å².